The fraction of sp³-hybridized carbons (Fsp3) is 0.758. The first-order valence-electron chi connectivity index (χ1n) is 15.5. The predicted octanol–water partition coefficient (Wildman–Crippen LogP) is 9.70. The average molecular weight is 517 g/mol. The molecule has 0 amide bonds. The first-order chi connectivity index (χ1) is 18.2. The lowest BCUT2D eigenvalue weighted by Crippen LogP contribution is -2.05. The second-order valence-corrected chi connectivity index (χ2v) is 10.6. The normalized spacial score (nSPS) is 11.1. The lowest BCUT2D eigenvalue weighted by atomic mass is 9.88. The Balaban J connectivity index is 2.14. The predicted molar refractivity (Wildman–Crippen MR) is 155 cm³/mol. The van der Waals surface area contributed by atoms with Gasteiger partial charge in [-0.1, -0.05) is 121 Å². The van der Waals surface area contributed by atoms with E-state index in [-0.39, 0.29) is 11.9 Å². The Labute approximate surface area is 228 Å². The minimum atomic E-state index is -0.0288. The molecule has 212 valence electrons. The SMILES string of the molecule is CCCCCCOC(=O)CCCCCCC(CCCCCCC(=O)OCCCCCC)c1ccccc1. The van der Waals surface area contributed by atoms with Crippen LogP contribution in [0.3, 0.4) is 0 Å². The van der Waals surface area contributed by atoms with E-state index in [1.165, 1.54) is 69.8 Å². The van der Waals surface area contributed by atoms with E-state index in [2.05, 4.69) is 44.2 Å². The summed E-state index contributed by atoms with van der Waals surface area (Å²) < 4.78 is 10.7. The fourth-order valence-corrected chi connectivity index (χ4v) is 4.80. The molecule has 0 saturated heterocycles. The average Bonchev–Trinajstić information content (AvgIpc) is 2.91. The molecule has 4 heteroatoms. The Morgan fingerprint density at radius 2 is 1.00 bits per heavy atom. The molecule has 0 saturated carbocycles. The number of hydrogen-bond acceptors (Lipinski definition) is 4. The molecular formula is C33H56O4. The largest absolute Gasteiger partial charge is 0.466 e. The number of carbonyl (C=O) groups is 2. The quantitative estimate of drug-likeness (QED) is 0.0958. The molecule has 37 heavy (non-hydrogen) atoms. The van der Waals surface area contributed by atoms with Crippen LogP contribution in [-0.2, 0) is 19.1 Å². The van der Waals surface area contributed by atoms with Gasteiger partial charge in [0, 0.05) is 12.8 Å². The molecular weight excluding hydrogens is 460 g/mol. The number of esters is 2. The van der Waals surface area contributed by atoms with Crippen molar-refractivity contribution in [2.45, 2.75) is 148 Å². The summed E-state index contributed by atoms with van der Waals surface area (Å²) in [5, 5.41) is 0. The monoisotopic (exact) mass is 516 g/mol. The summed E-state index contributed by atoms with van der Waals surface area (Å²) in [6.45, 7) is 5.54. The van der Waals surface area contributed by atoms with E-state index in [0.29, 0.717) is 32.0 Å². The van der Waals surface area contributed by atoms with Crippen molar-refractivity contribution in [3.8, 4) is 0 Å². The van der Waals surface area contributed by atoms with Crippen LogP contribution in [0.2, 0.25) is 0 Å². The second kappa shape index (κ2) is 24.5. The minimum Gasteiger partial charge on any atom is -0.466 e. The van der Waals surface area contributed by atoms with Crippen molar-refractivity contribution >= 4 is 11.9 Å². The second-order valence-electron chi connectivity index (χ2n) is 10.6. The van der Waals surface area contributed by atoms with Gasteiger partial charge >= 0.3 is 11.9 Å². The summed E-state index contributed by atoms with van der Waals surface area (Å²) in [4.78, 5) is 23.7. The number of carbonyl (C=O) groups excluding carboxylic acids is 2. The number of rotatable bonds is 25. The smallest absolute Gasteiger partial charge is 0.305 e. The highest BCUT2D eigenvalue weighted by Crippen LogP contribution is 2.28. The molecule has 0 heterocycles. The third-order valence-electron chi connectivity index (χ3n) is 7.16. The van der Waals surface area contributed by atoms with Crippen LogP contribution in [0.1, 0.15) is 154 Å². The van der Waals surface area contributed by atoms with E-state index in [9.17, 15) is 9.59 Å². The summed E-state index contributed by atoms with van der Waals surface area (Å²) in [5.41, 5.74) is 1.45. The van der Waals surface area contributed by atoms with Crippen LogP contribution in [-0.4, -0.2) is 25.2 Å². The van der Waals surface area contributed by atoms with E-state index >= 15 is 0 Å². The third kappa shape index (κ3) is 19.9. The van der Waals surface area contributed by atoms with Gasteiger partial charge in [0.05, 0.1) is 13.2 Å². The van der Waals surface area contributed by atoms with Crippen LogP contribution in [0.15, 0.2) is 30.3 Å². The Morgan fingerprint density at radius 1 is 0.568 bits per heavy atom. The van der Waals surface area contributed by atoms with E-state index < -0.39 is 0 Å². The highest BCUT2D eigenvalue weighted by atomic mass is 16.5. The molecule has 0 aromatic heterocycles. The van der Waals surface area contributed by atoms with Crippen LogP contribution in [0, 0.1) is 0 Å². The topological polar surface area (TPSA) is 52.6 Å². The Bertz CT molecular complexity index is 620. The van der Waals surface area contributed by atoms with Gasteiger partial charge in [-0.2, -0.15) is 0 Å². The fourth-order valence-electron chi connectivity index (χ4n) is 4.80. The number of ether oxygens (including phenoxy) is 2. The van der Waals surface area contributed by atoms with Crippen molar-refractivity contribution in [2.75, 3.05) is 13.2 Å². The summed E-state index contributed by atoms with van der Waals surface area (Å²) in [7, 11) is 0. The Kier molecular flexibility index (Phi) is 22.0. The number of benzene rings is 1. The van der Waals surface area contributed by atoms with Crippen LogP contribution >= 0.6 is 0 Å². The van der Waals surface area contributed by atoms with Crippen LogP contribution < -0.4 is 0 Å². The highest BCUT2D eigenvalue weighted by molar-refractivity contribution is 5.69. The lowest BCUT2D eigenvalue weighted by Gasteiger charge is -2.17. The van der Waals surface area contributed by atoms with Crippen LogP contribution in [0.25, 0.3) is 0 Å². The van der Waals surface area contributed by atoms with Crippen molar-refractivity contribution in [3.05, 3.63) is 35.9 Å². The molecule has 0 aliphatic heterocycles. The molecule has 0 unspecified atom stereocenters. The van der Waals surface area contributed by atoms with E-state index in [4.69, 9.17) is 9.47 Å². The maximum Gasteiger partial charge on any atom is 0.305 e. The van der Waals surface area contributed by atoms with Gasteiger partial charge in [0.1, 0.15) is 0 Å². The first kappa shape index (κ1) is 33.2. The van der Waals surface area contributed by atoms with Crippen molar-refractivity contribution in [1.29, 1.82) is 0 Å². The van der Waals surface area contributed by atoms with Crippen molar-refractivity contribution in [1.82, 2.24) is 0 Å². The first-order valence-corrected chi connectivity index (χ1v) is 15.5. The van der Waals surface area contributed by atoms with Gasteiger partial charge in [-0.05, 0) is 50.0 Å². The van der Waals surface area contributed by atoms with Crippen LogP contribution in [0.4, 0.5) is 0 Å². The van der Waals surface area contributed by atoms with Crippen LogP contribution in [0.5, 0.6) is 0 Å². The Hall–Kier alpha value is -1.84. The summed E-state index contributed by atoms with van der Waals surface area (Å²) >= 11 is 0. The summed E-state index contributed by atoms with van der Waals surface area (Å²) in [6, 6.07) is 10.9. The van der Waals surface area contributed by atoms with Crippen molar-refractivity contribution in [2.24, 2.45) is 0 Å². The number of hydrogen-bond donors (Lipinski definition) is 0. The third-order valence-corrected chi connectivity index (χ3v) is 7.16. The zero-order chi connectivity index (χ0) is 26.8. The van der Waals surface area contributed by atoms with Gasteiger partial charge in [0.25, 0.3) is 0 Å². The molecule has 0 fully saturated rings. The molecule has 0 bridgehead atoms. The minimum absolute atomic E-state index is 0.0288. The molecule has 4 nitrogen and oxygen atoms in total. The van der Waals surface area contributed by atoms with Gasteiger partial charge in [-0.25, -0.2) is 0 Å². The molecule has 0 N–H and O–H groups in total. The molecule has 1 rings (SSSR count). The van der Waals surface area contributed by atoms with Gasteiger partial charge in [-0.3, -0.25) is 9.59 Å². The molecule has 0 spiro atoms. The zero-order valence-corrected chi connectivity index (χ0v) is 24.2. The molecule has 0 aliphatic carbocycles. The molecule has 0 atom stereocenters. The van der Waals surface area contributed by atoms with Crippen molar-refractivity contribution in [3.63, 3.8) is 0 Å². The van der Waals surface area contributed by atoms with Crippen molar-refractivity contribution < 1.29 is 19.1 Å². The maximum atomic E-state index is 11.9. The van der Waals surface area contributed by atoms with E-state index in [1.807, 2.05) is 0 Å². The van der Waals surface area contributed by atoms with Gasteiger partial charge < -0.3 is 9.47 Å². The molecule has 0 radical (unpaired) electrons. The highest BCUT2D eigenvalue weighted by Gasteiger charge is 2.11. The zero-order valence-electron chi connectivity index (χ0n) is 24.2. The van der Waals surface area contributed by atoms with E-state index in [0.717, 1.165) is 51.4 Å². The lowest BCUT2D eigenvalue weighted by molar-refractivity contribution is -0.144. The van der Waals surface area contributed by atoms with Gasteiger partial charge in [0.2, 0.25) is 0 Å². The summed E-state index contributed by atoms with van der Waals surface area (Å²) in [5.74, 6) is 0.542. The molecule has 0 aliphatic rings. The maximum absolute atomic E-state index is 11.9. The van der Waals surface area contributed by atoms with Gasteiger partial charge in [-0.15, -0.1) is 0 Å². The Morgan fingerprint density at radius 3 is 1.46 bits per heavy atom. The summed E-state index contributed by atoms with van der Waals surface area (Å²) in [6.07, 6.45) is 21.5. The van der Waals surface area contributed by atoms with E-state index in [1.54, 1.807) is 0 Å². The standard InChI is InChI=1S/C33H56O4/c1-3-5-7-20-28-36-32(34)26-18-11-9-14-22-30(31-24-16-13-17-25-31)23-15-10-12-19-27-33(35)37-29-21-8-6-4-2/h13,16-17,24-25,30H,3-12,14-15,18-23,26-29H2,1-2H3. The van der Waals surface area contributed by atoms with Gasteiger partial charge in [0.15, 0.2) is 0 Å². The number of unbranched alkanes of at least 4 members (excludes halogenated alkanes) is 12. The molecule has 1 aromatic carbocycles. The molecule has 1 aromatic rings.